The maximum Gasteiger partial charge on any atom is 0.233 e. The van der Waals surface area contributed by atoms with E-state index in [9.17, 15) is 4.79 Å². The second-order valence-electron chi connectivity index (χ2n) is 8.11. The molecule has 31 heavy (non-hydrogen) atoms. The summed E-state index contributed by atoms with van der Waals surface area (Å²) >= 11 is 1.63. The summed E-state index contributed by atoms with van der Waals surface area (Å²) < 4.78 is 7.05. The lowest BCUT2D eigenvalue weighted by Gasteiger charge is -2.32. The molecule has 5 heteroatoms. The summed E-state index contributed by atoms with van der Waals surface area (Å²) in [6.07, 6.45) is 6.03. The van der Waals surface area contributed by atoms with E-state index in [0.29, 0.717) is 13.2 Å². The number of aromatic nitrogens is 1. The van der Waals surface area contributed by atoms with E-state index in [4.69, 9.17) is 9.72 Å². The minimum Gasteiger partial charge on any atom is -0.377 e. The zero-order chi connectivity index (χ0) is 21.5. The molecule has 0 saturated carbocycles. The molecule has 2 atom stereocenters. The van der Waals surface area contributed by atoms with Crippen LogP contribution in [0.3, 0.4) is 0 Å². The number of hydrogen-bond donors (Lipinski definition) is 0. The van der Waals surface area contributed by atoms with Gasteiger partial charge in [-0.25, -0.2) is 4.98 Å². The van der Waals surface area contributed by atoms with E-state index >= 15 is 0 Å². The van der Waals surface area contributed by atoms with Gasteiger partial charge in [-0.05, 0) is 49.3 Å². The molecule has 2 aromatic carbocycles. The molecule has 4 rings (SSSR count). The number of thiazole rings is 1. The summed E-state index contributed by atoms with van der Waals surface area (Å²) in [4.78, 5) is 20.5. The summed E-state index contributed by atoms with van der Waals surface area (Å²) in [7, 11) is 0. The standard InChI is InChI=1S/C26H30N2O2S/c1-2-21(15-18-30-19-20-11-5-3-6-12-20)24(26(29)28-16-9-4-10-17-28)25-27-22-13-7-8-14-23(22)31-25/h2-3,5-8,11-14,21,24H,1,4,9-10,15-19H2/t21-,24+/m1/s1. The number of rotatable bonds is 9. The Kier molecular flexibility index (Phi) is 7.49. The Morgan fingerprint density at radius 2 is 1.84 bits per heavy atom. The number of amides is 1. The predicted octanol–water partition coefficient (Wildman–Crippen LogP) is 5.80. The maximum absolute atomic E-state index is 13.6. The second kappa shape index (κ2) is 10.7. The first-order valence-corrected chi connectivity index (χ1v) is 12.0. The van der Waals surface area contributed by atoms with Crippen molar-refractivity contribution in [3.8, 4) is 0 Å². The number of ether oxygens (including phenoxy) is 1. The molecule has 162 valence electrons. The highest BCUT2D eigenvalue weighted by molar-refractivity contribution is 7.18. The number of carbonyl (C=O) groups is 1. The molecule has 0 spiro atoms. The van der Waals surface area contributed by atoms with Crippen LogP contribution < -0.4 is 0 Å². The van der Waals surface area contributed by atoms with Gasteiger partial charge in [0.2, 0.25) is 5.91 Å². The van der Waals surface area contributed by atoms with Gasteiger partial charge in [-0.15, -0.1) is 17.9 Å². The minimum absolute atomic E-state index is 0.00855. The largest absolute Gasteiger partial charge is 0.377 e. The van der Waals surface area contributed by atoms with Crippen molar-refractivity contribution in [1.29, 1.82) is 0 Å². The molecule has 1 fully saturated rings. The number of likely N-dealkylation sites (tertiary alicyclic amines) is 1. The lowest BCUT2D eigenvalue weighted by molar-refractivity contribution is -0.134. The highest BCUT2D eigenvalue weighted by atomic mass is 32.1. The van der Waals surface area contributed by atoms with Gasteiger partial charge in [-0.3, -0.25) is 4.79 Å². The fraction of sp³-hybridized carbons (Fsp3) is 0.385. The SMILES string of the molecule is C=C[C@H](CCOCc1ccccc1)[C@H](C(=O)N1CCCCC1)c1nc2ccccc2s1. The Bertz CT molecular complexity index is 962. The number of benzene rings is 2. The highest BCUT2D eigenvalue weighted by Crippen LogP contribution is 2.36. The molecule has 2 heterocycles. The van der Waals surface area contributed by atoms with Gasteiger partial charge in [0.1, 0.15) is 5.01 Å². The number of fused-ring (bicyclic) bond motifs is 1. The molecule has 3 aromatic rings. The van der Waals surface area contributed by atoms with Crippen molar-refractivity contribution in [2.75, 3.05) is 19.7 Å². The normalized spacial score (nSPS) is 16.2. The van der Waals surface area contributed by atoms with Crippen LogP contribution in [-0.2, 0) is 16.1 Å². The van der Waals surface area contributed by atoms with E-state index in [0.717, 1.165) is 53.1 Å². The fourth-order valence-corrected chi connectivity index (χ4v) is 5.35. The fourth-order valence-electron chi connectivity index (χ4n) is 4.21. The van der Waals surface area contributed by atoms with Crippen molar-refractivity contribution in [3.63, 3.8) is 0 Å². The van der Waals surface area contributed by atoms with E-state index < -0.39 is 0 Å². The van der Waals surface area contributed by atoms with Crippen LogP contribution in [0.15, 0.2) is 67.3 Å². The van der Waals surface area contributed by atoms with Crippen LogP contribution in [0.2, 0.25) is 0 Å². The van der Waals surface area contributed by atoms with Crippen molar-refractivity contribution in [3.05, 3.63) is 77.8 Å². The Morgan fingerprint density at radius 1 is 1.10 bits per heavy atom. The van der Waals surface area contributed by atoms with Crippen molar-refractivity contribution >= 4 is 27.5 Å². The van der Waals surface area contributed by atoms with Gasteiger partial charge in [0, 0.05) is 19.7 Å². The first-order valence-electron chi connectivity index (χ1n) is 11.1. The average Bonchev–Trinajstić information content (AvgIpc) is 3.25. The number of carbonyl (C=O) groups excluding carboxylic acids is 1. The van der Waals surface area contributed by atoms with E-state index in [1.54, 1.807) is 11.3 Å². The predicted molar refractivity (Wildman–Crippen MR) is 127 cm³/mol. The smallest absolute Gasteiger partial charge is 0.233 e. The molecule has 0 unspecified atom stereocenters. The lowest BCUT2D eigenvalue weighted by atomic mass is 9.88. The van der Waals surface area contributed by atoms with Crippen molar-refractivity contribution < 1.29 is 9.53 Å². The van der Waals surface area contributed by atoms with Gasteiger partial charge in [0.05, 0.1) is 22.7 Å². The van der Waals surface area contributed by atoms with E-state index in [-0.39, 0.29) is 17.7 Å². The van der Waals surface area contributed by atoms with Gasteiger partial charge in [0.15, 0.2) is 0 Å². The summed E-state index contributed by atoms with van der Waals surface area (Å²) in [5, 5.41) is 0.893. The summed E-state index contributed by atoms with van der Waals surface area (Å²) in [5.74, 6) is -0.120. The maximum atomic E-state index is 13.6. The molecule has 0 radical (unpaired) electrons. The van der Waals surface area contributed by atoms with Crippen LogP contribution in [-0.4, -0.2) is 35.5 Å². The van der Waals surface area contributed by atoms with Gasteiger partial charge in [-0.1, -0.05) is 48.5 Å². The van der Waals surface area contributed by atoms with Gasteiger partial charge < -0.3 is 9.64 Å². The first kappa shape index (κ1) is 21.7. The molecular formula is C26H30N2O2S. The lowest BCUT2D eigenvalue weighted by Crippen LogP contribution is -2.41. The number of piperidine rings is 1. The zero-order valence-corrected chi connectivity index (χ0v) is 18.7. The van der Waals surface area contributed by atoms with Crippen molar-refractivity contribution in [2.45, 2.75) is 38.2 Å². The van der Waals surface area contributed by atoms with Crippen LogP contribution >= 0.6 is 11.3 Å². The molecule has 1 aromatic heterocycles. The second-order valence-corrected chi connectivity index (χ2v) is 9.17. The Balaban J connectivity index is 1.51. The molecule has 1 saturated heterocycles. The third-order valence-electron chi connectivity index (χ3n) is 5.95. The van der Waals surface area contributed by atoms with Crippen LogP contribution in [0.5, 0.6) is 0 Å². The number of nitrogens with zero attached hydrogens (tertiary/aromatic N) is 2. The molecule has 1 amide bonds. The Morgan fingerprint density at radius 3 is 2.58 bits per heavy atom. The van der Waals surface area contributed by atoms with Crippen LogP contribution in [0.4, 0.5) is 0 Å². The highest BCUT2D eigenvalue weighted by Gasteiger charge is 2.34. The number of allylic oxidation sites excluding steroid dienone is 1. The third-order valence-corrected chi connectivity index (χ3v) is 7.07. The van der Waals surface area contributed by atoms with E-state index in [1.807, 2.05) is 47.4 Å². The average molecular weight is 435 g/mol. The van der Waals surface area contributed by atoms with Crippen molar-refractivity contribution in [1.82, 2.24) is 9.88 Å². The summed E-state index contributed by atoms with van der Waals surface area (Å²) in [5.41, 5.74) is 2.12. The van der Waals surface area contributed by atoms with Crippen molar-refractivity contribution in [2.24, 2.45) is 5.92 Å². The van der Waals surface area contributed by atoms with E-state index in [1.165, 1.54) is 6.42 Å². The van der Waals surface area contributed by atoms with Gasteiger partial charge in [0.25, 0.3) is 0 Å². The van der Waals surface area contributed by atoms with Gasteiger partial charge >= 0.3 is 0 Å². The monoisotopic (exact) mass is 434 g/mol. The summed E-state index contributed by atoms with van der Waals surface area (Å²) in [6, 6.07) is 18.3. The zero-order valence-electron chi connectivity index (χ0n) is 17.9. The number of para-hydroxylation sites is 1. The van der Waals surface area contributed by atoms with Crippen LogP contribution in [0.1, 0.15) is 42.2 Å². The van der Waals surface area contributed by atoms with Crippen LogP contribution in [0.25, 0.3) is 10.2 Å². The molecular weight excluding hydrogens is 404 g/mol. The molecule has 1 aliphatic heterocycles. The molecule has 1 aliphatic rings. The Hall–Kier alpha value is -2.50. The number of hydrogen-bond acceptors (Lipinski definition) is 4. The summed E-state index contributed by atoms with van der Waals surface area (Å²) in [6.45, 7) is 6.92. The molecule has 4 nitrogen and oxygen atoms in total. The molecule has 0 bridgehead atoms. The van der Waals surface area contributed by atoms with Gasteiger partial charge in [-0.2, -0.15) is 0 Å². The van der Waals surface area contributed by atoms with Crippen LogP contribution in [0, 0.1) is 5.92 Å². The third kappa shape index (κ3) is 5.41. The molecule has 0 aliphatic carbocycles. The minimum atomic E-state index is -0.298. The Labute approximate surface area is 188 Å². The topological polar surface area (TPSA) is 42.4 Å². The first-order chi connectivity index (χ1) is 15.3. The van der Waals surface area contributed by atoms with E-state index in [2.05, 4.69) is 24.8 Å². The quantitative estimate of drug-likeness (QED) is 0.316. The molecule has 0 N–H and O–H groups in total.